The van der Waals surface area contributed by atoms with Gasteiger partial charge < -0.3 is 5.32 Å². The molecule has 4 nitrogen and oxygen atoms in total. The molecule has 4 N–H and O–H groups in total. The summed E-state index contributed by atoms with van der Waals surface area (Å²) in [6.45, 7) is 4.82. The van der Waals surface area contributed by atoms with Gasteiger partial charge in [-0.25, -0.2) is 10.6 Å². The molecule has 0 fully saturated rings. The van der Waals surface area contributed by atoms with Crippen LogP contribution < -0.4 is 16.6 Å². The van der Waals surface area contributed by atoms with Gasteiger partial charge in [0, 0.05) is 6.54 Å². The van der Waals surface area contributed by atoms with E-state index in [-0.39, 0.29) is 6.03 Å². The molecule has 4 heteroatoms. The van der Waals surface area contributed by atoms with Crippen LogP contribution in [0.15, 0.2) is 0 Å². The van der Waals surface area contributed by atoms with Gasteiger partial charge in [-0.1, -0.05) is 20.3 Å². The first-order valence-corrected chi connectivity index (χ1v) is 3.45. The van der Waals surface area contributed by atoms with E-state index in [1.54, 1.807) is 0 Å². The smallest absolute Gasteiger partial charge is 0.328 e. The van der Waals surface area contributed by atoms with Crippen molar-refractivity contribution in [2.24, 2.45) is 11.8 Å². The first-order chi connectivity index (χ1) is 4.70. The molecular formula is C6H15N3O. The van der Waals surface area contributed by atoms with Crippen LogP contribution in [0.2, 0.25) is 0 Å². The van der Waals surface area contributed by atoms with Crippen LogP contribution in [0.1, 0.15) is 20.3 Å². The second kappa shape index (κ2) is 5.05. The van der Waals surface area contributed by atoms with Gasteiger partial charge in [0.1, 0.15) is 0 Å². The van der Waals surface area contributed by atoms with Crippen molar-refractivity contribution in [2.45, 2.75) is 20.3 Å². The number of hydrazine groups is 1. The van der Waals surface area contributed by atoms with Crippen LogP contribution in [0, 0.1) is 5.92 Å². The molecular weight excluding hydrogens is 130 g/mol. The molecule has 0 aliphatic carbocycles. The zero-order valence-electron chi connectivity index (χ0n) is 6.48. The predicted octanol–water partition coefficient (Wildman–Crippen LogP) is 0.205. The average molecular weight is 145 g/mol. The Morgan fingerprint density at radius 2 is 2.30 bits per heavy atom. The lowest BCUT2D eigenvalue weighted by atomic mass is 10.1. The van der Waals surface area contributed by atoms with Gasteiger partial charge in [-0.3, -0.25) is 5.43 Å². The molecule has 1 unspecified atom stereocenters. The minimum atomic E-state index is -0.319. The molecule has 0 bridgehead atoms. The molecule has 0 aliphatic rings. The van der Waals surface area contributed by atoms with Gasteiger partial charge in [-0.15, -0.1) is 0 Å². The Labute approximate surface area is 61.1 Å². The number of carbonyl (C=O) groups is 1. The molecule has 0 aromatic carbocycles. The van der Waals surface area contributed by atoms with Crippen LogP contribution >= 0.6 is 0 Å². The van der Waals surface area contributed by atoms with Crippen molar-refractivity contribution in [2.75, 3.05) is 6.54 Å². The van der Waals surface area contributed by atoms with Crippen LogP contribution in [-0.4, -0.2) is 12.6 Å². The number of carbonyl (C=O) groups excluding carboxylic acids is 1. The largest absolute Gasteiger partial charge is 0.337 e. The van der Waals surface area contributed by atoms with Crippen LogP contribution in [0.5, 0.6) is 0 Å². The summed E-state index contributed by atoms with van der Waals surface area (Å²) in [6, 6.07) is -0.319. The maximum atomic E-state index is 10.5. The Hall–Kier alpha value is -0.770. The average Bonchev–Trinajstić information content (AvgIpc) is 1.99. The SMILES string of the molecule is CCC(C)CNC(=O)NN. The Balaban J connectivity index is 3.26. The summed E-state index contributed by atoms with van der Waals surface area (Å²) in [4.78, 5) is 10.5. The summed E-state index contributed by atoms with van der Waals surface area (Å²) in [5.74, 6) is 5.35. The lowest BCUT2D eigenvalue weighted by molar-refractivity contribution is 0.239. The highest BCUT2D eigenvalue weighted by molar-refractivity contribution is 5.72. The van der Waals surface area contributed by atoms with Crippen molar-refractivity contribution in [1.82, 2.24) is 10.7 Å². The van der Waals surface area contributed by atoms with Crippen molar-refractivity contribution in [1.29, 1.82) is 0 Å². The van der Waals surface area contributed by atoms with E-state index in [1.807, 2.05) is 5.43 Å². The number of nitrogens with one attached hydrogen (secondary N) is 2. The quantitative estimate of drug-likeness (QED) is 0.302. The third kappa shape index (κ3) is 4.14. The maximum Gasteiger partial charge on any atom is 0.328 e. The normalized spacial score (nSPS) is 12.3. The molecule has 10 heavy (non-hydrogen) atoms. The lowest BCUT2D eigenvalue weighted by Crippen LogP contribution is -2.41. The Morgan fingerprint density at radius 3 is 2.70 bits per heavy atom. The zero-order valence-corrected chi connectivity index (χ0v) is 6.48. The van der Waals surface area contributed by atoms with Crippen LogP contribution in [0.4, 0.5) is 4.79 Å². The minimum absolute atomic E-state index is 0.319. The van der Waals surface area contributed by atoms with E-state index in [2.05, 4.69) is 19.2 Å². The molecule has 2 amide bonds. The van der Waals surface area contributed by atoms with Gasteiger partial charge in [0.25, 0.3) is 0 Å². The number of hydrogen-bond donors (Lipinski definition) is 3. The van der Waals surface area contributed by atoms with E-state index < -0.39 is 0 Å². The fourth-order valence-electron chi connectivity index (χ4n) is 0.462. The molecule has 60 valence electrons. The van der Waals surface area contributed by atoms with E-state index in [4.69, 9.17) is 5.84 Å². The molecule has 0 aromatic heterocycles. The Bertz CT molecular complexity index is 105. The van der Waals surface area contributed by atoms with Gasteiger partial charge in [0.05, 0.1) is 0 Å². The highest BCUT2D eigenvalue weighted by Crippen LogP contribution is 1.96. The van der Waals surface area contributed by atoms with Crippen LogP contribution in [0.25, 0.3) is 0 Å². The maximum absolute atomic E-state index is 10.5. The predicted molar refractivity (Wildman–Crippen MR) is 40.2 cm³/mol. The van der Waals surface area contributed by atoms with E-state index in [9.17, 15) is 4.79 Å². The van der Waals surface area contributed by atoms with Gasteiger partial charge >= 0.3 is 6.03 Å². The van der Waals surface area contributed by atoms with Crippen molar-refractivity contribution in [3.05, 3.63) is 0 Å². The van der Waals surface area contributed by atoms with E-state index >= 15 is 0 Å². The number of hydrogen-bond acceptors (Lipinski definition) is 2. The van der Waals surface area contributed by atoms with Gasteiger partial charge in [0.15, 0.2) is 0 Å². The molecule has 0 aromatic rings. The summed E-state index contributed by atoms with van der Waals surface area (Å²) >= 11 is 0. The molecule has 0 radical (unpaired) electrons. The Kier molecular flexibility index (Phi) is 4.66. The molecule has 0 aliphatic heterocycles. The second-order valence-electron chi connectivity index (χ2n) is 2.37. The first-order valence-electron chi connectivity index (χ1n) is 3.45. The van der Waals surface area contributed by atoms with Gasteiger partial charge in [0.2, 0.25) is 0 Å². The van der Waals surface area contributed by atoms with Crippen molar-refractivity contribution in [3.63, 3.8) is 0 Å². The summed E-state index contributed by atoms with van der Waals surface area (Å²) in [5, 5.41) is 2.61. The van der Waals surface area contributed by atoms with Gasteiger partial charge in [-0.2, -0.15) is 0 Å². The first kappa shape index (κ1) is 9.23. The Morgan fingerprint density at radius 1 is 1.70 bits per heavy atom. The summed E-state index contributed by atoms with van der Waals surface area (Å²) in [7, 11) is 0. The van der Waals surface area contributed by atoms with Crippen molar-refractivity contribution < 1.29 is 4.79 Å². The lowest BCUT2D eigenvalue weighted by Gasteiger charge is -2.08. The summed E-state index contributed by atoms with van der Waals surface area (Å²) < 4.78 is 0. The number of amides is 2. The number of nitrogens with two attached hydrogens (primary N) is 1. The number of rotatable bonds is 3. The van der Waals surface area contributed by atoms with E-state index in [0.717, 1.165) is 6.42 Å². The zero-order chi connectivity index (χ0) is 7.98. The fraction of sp³-hybridized carbons (Fsp3) is 0.833. The van der Waals surface area contributed by atoms with Crippen LogP contribution in [-0.2, 0) is 0 Å². The molecule has 0 saturated carbocycles. The molecule has 0 spiro atoms. The summed E-state index contributed by atoms with van der Waals surface area (Å²) in [5.41, 5.74) is 1.99. The molecule has 0 rings (SSSR count). The van der Waals surface area contributed by atoms with E-state index in [1.165, 1.54) is 0 Å². The second-order valence-corrected chi connectivity index (χ2v) is 2.37. The van der Waals surface area contributed by atoms with Crippen LogP contribution in [0.3, 0.4) is 0 Å². The minimum Gasteiger partial charge on any atom is -0.337 e. The third-order valence-electron chi connectivity index (χ3n) is 1.44. The monoisotopic (exact) mass is 145 g/mol. The topological polar surface area (TPSA) is 67.2 Å². The molecule has 0 saturated heterocycles. The third-order valence-corrected chi connectivity index (χ3v) is 1.44. The van der Waals surface area contributed by atoms with Crippen molar-refractivity contribution >= 4 is 6.03 Å². The van der Waals surface area contributed by atoms with E-state index in [0.29, 0.717) is 12.5 Å². The van der Waals surface area contributed by atoms with Gasteiger partial charge in [-0.05, 0) is 5.92 Å². The number of urea groups is 1. The summed E-state index contributed by atoms with van der Waals surface area (Å²) in [6.07, 6.45) is 1.06. The molecule has 0 heterocycles. The highest BCUT2D eigenvalue weighted by atomic mass is 16.2. The van der Waals surface area contributed by atoms with Crippen molar-refractivity contribution in [3.8, 4) is 0 Å². The highest BCUT2D eigenvalue weighted by Gasteiger charge is 1.99. The fourth-order valence-corrected chi connectivity index (χ4v) is 0.462. The molecule has 1 atom stereocenters. The standard InChI is InChI=1S/C6H15N3O/c1-3-5(2)4-8-6(10)9-7/h5H,3-4,7H2,1-2H3,(H2,8,9,10).